The minimum Gasteiger partial charge on any atom is -0.478 e. The lowest BCUT2D eigenvalue weighted by Gasteiger charge is -2.20. The molecule has 2 amide bonds. The van der Waals surface area contributed by atoms with Gasteiger partial charge in [-0.1, -0.05) is 0 Å². The van der Waals surface area contributed by atoms with Gasteiger partial charge in [0.2, 0.25) is 0 Å². The molecule has 19 heavy (non-hydrogen) atoms. The monoisotopic (exact) mass is 272 g/mol. The number of benzene rings is 1. The van der Waals surface area contributed by atoms with E-state index in [4.69, 9.17) is 5.11 Å². The molecule has 0 heterocycles. The Morgan fingerprint density at radius 1 is 1.21 bits per heavy atom. The van der Waals surface area contributed by atoms with Gasteiger partial charge in [0.1, 0.15) is 0 Å². The van der Waals surface area contributed by atoms with Crippen molar-refractivity contribution in [1.29, 1.82) is 0 Å². The molecule has 0 atom stereocenters. The second kappa shape index (κ2) is 6.12. The van der Waals surface area contributed by atoms with Gasteiger partial charge in [0, 0.05) is 19.2 Å². The number of hydrogen-bond donors (Lipinski definition) is 2. The van der Waals surface area contributed by atoms with Crippen molar-refractivity contribution in [2.24, 2.45) is 0 Å². The molecular weight excluding hydrogens is 258 g/mol. The summed E-state index contributed by atoms with van der Waals surface area (Å²) in [6.45, 7) is 4.31. The predicted octanol–water partition coefficient (Wildman–Crippen LogP) is 2.54. The lowest BCUT2D eigenvalue weighted by atomic mass is 10.1. The quantitative estimate of drug-likeness (QED) is 0.884. The Morgan fingerprint density at radius 3 is 2.21 bits per heavy atom. The summed E-state index contributed by atoms with van der Waals surface area (Å²) in [6.07, 6.45) is 0. The van der Waals surface area contributed by atoms with Crippen LogP contribution in [0.3, 0.4) is 0 Å². The minimum absolute atomic E-state index is 0.275. The van der Waals surface area contributed by atoms with Crippen molar-refractivity contribution < 1.29 is 23.5 Å². The fourth-order valence-corrected chi connectivity index (χ4v) is 1.53. The third kappa shape index (κ3) is 3.40. The number of rotatable bonds is 4. The Bertz CT molecular complexity index is 502. The number of hydrogen-bond acceptors (Lipinski definition) is 2. The van der Waals surface area contributed by atoms with Crippen molar-refractivity contribution >= 4 is 17.7 Å². The molecule has 5 nitrogen and oxygen atoms in total. The number of carboxylic acids is 1. The first kappa shape index (κ1) is 14.9. The first-order chi connectivity index (χ1) is 8.90. The van der Waals surface area contributed by atoms with Crippen molar-refractivity contribution in [3.05, 3.63) is 29.3 Å². The number of halogens is 2. The van der Waals surface area contributed by atoms with Crippen LogP contribution in [0.15, 0.2) is 12.1 Å². The van der Waals surface area contributed by atoms with Gasteiger partial charge in [0.05, 0.1) is 11.3 Å². The largest absolute Gasteiger partial charge is 0.478 e. The van der Waals surface area contributed by atoms with Crippen LogP contribution in [0.1, 0.15) is 24.2 Å². The van der Waals surface area contributed by atoms with Gasteiger partial charge in [-0.15, -0.1) is 0 Å². The number of anilines is 1. The maximum Gasteiger partial charge on any atom is 0.337 e. The van der Waals surface area contributed by atoms with Crippen LogP contribution in [-0.2, 0) is 0 Å². The van der Waals surface area contributed by atoms with Crippen LogP contribution in [0.25, 0.3) is 0 Å². The number of carbonyl (C=O) groups is 2. The predicted molar refractivity (Wildman–Crippen MR) is 65.3 cm³/mol. The molecule has 0 saturated heterocycles. The van der Waals surface area contributed by atoms with Crippen molar-refractivity contribution in [2.75, 3.05) is 18.4 Å². The highest BCUT2D eigenvalue weighted by atomic mass is 19.2. The second-order valence-corrected chi connectivity index (χ2v) is 3.72. The summed E-state index contributed by atoms with van der Waals surface area (Å²) in [5.41, 5.74) is -0.775. The summed E-state index contributed by atoms with van der Waals surface area (Å²) in [6, 6.07) is 0.619. The van der Waals surface area contributed by atoms with Crippen LogP contribution >= 0.6 is 0 Å². The van der Waals surface area contributed by atoms with Gasteiger partial charge in [-0.3, -0.25) is 0 Å². The van der Waals surface area contributed by atoms with Gasteiger partial charge in [-0.25, -0.2) is 18.4 Å². The molecule has 0 aliphatic carbocycles. The minimum atomic E-state index is -1.45. The van der Waals surface area contributed by atoms with Gasteiger partial charge < -0.3 is 15.3 Å². The first-order valence-corrected chi connectivity index (χ1v) is 5.68. The summed E-state index contributed by atoms with van der Waals surface area (Å²) >= 11 is 0. The second-order valence-electron chi connectivity index (χ2n) is 3.72. The summed E-state index contributed by atoms with van der Waals surface area (Å²) in [5.74, 6) is -3.95. The zero-order chi connectivity index (χ0) is 14.6. The maximum atomic E-state index is 13.1. The number of carboxylic acid groups (broad SMARTS) is 1. The van der Waals surface area contributed by atoms with E-state index in [1.807, 2.05) is 0 Å². The first-order valence-electron chi connectivity index (χ1n) is 5.68. The maximum absolute atomic E-state index is 13.1. The van der Waals surface area contributed by atoms with E-state index in [9.17, 15) is 18.4 Å². The highest BCUT2D eigenvalue weighted by Crippen LogP contribution is 2.20. The summed E-state index contributed by atoms with van der Waals surface area (Å²) in [7, 11) is 0. The molecule has 1 rings (SSSR count). The van der Waals surface area contributed by atoms with Gasteiger partial charge >= 0.3 is 12.0 Å². The van der Waals surface area contributed by atoms with E-state index in [1.165, 1.54) is 4.90 Å². The molecule has 0 aliphatic heterocycles. The SMILES string of the molecule is CCN(CC)C(=O)Nc1cc(F)c(F)cc1C(=O)O. The summed E-state index contributed by atoms with van der Waals surface area (Å²) in [4.78, 5) is 24.1. The van der Waals surface area contributed by atoms with E-state index < -0.39 is 29.2 Å². The third-order valence-electron chi connectivity index (χ3n) is 2.58. The molecule has 0 spiro atoms. The number of amides is 2. The van der Waals surface area contributed by atoms with Crippen molar-refractivity contribution in [2.45, 2.75) is 13.8 Å². The molecule has 0 radical (unpaired) electrons. The van der Waals surface area contributed by atoms with Crippen molar-refractivity contribution in [1.82, 2.24) is 4.90 Å². The molecule has 0 unspecified atom stereocenters. The molecule has 7 heteroatoms. The molecule has 0 aromatic heterocycles. The van der Waals surface area contributed by atoms with Gasteiger partial charge in [0.15, 0.2) is 11.6 Å². The lowest BCUT2D eigenvalue weighted by Crippen LogP contribution is -2.35. The van der Waals surface area contributed by atoms with E-state index >= 15 is 0 Å². The zero-order valence-electron chi connectivity index (χ0n) is 10.5. The molecule has 0 fully saturated rings. The average molecular weight is 272 g/mol. The Balaban J connectivity index is 3.09. The molecule has 0 saturated carbocycles. The molecule has 1 aromatic rings. The normalized spacial score (nSPS) is 10.1. The number of nitrogens with zero attached hydrogens (tertiary/aromatic N) is 1. The smallest absolute Gasteiger partial charge is 0.337 e. The Kier molecular flexibility index (Phi) is 4.80. The van der Waals surface area contributed by atoms with E-state index in [1.54, 1.807) is 13.8 Å². The van der Waals surface area contributed by atoms with Crippen LogP contribution in [-0.4, -0.2) is 35.1 Å². The summed E-state index contributed by atoms with van der Waals surface area (Å²) < 4.78 is 26.1. The number of aromatic carboxylic acids is 1. The zero-order valence-corrected chi connectivity index (χ0v) is 10.5. The van der Waals surface area contributed by atoms with Crippen LogP contribution < -0.4 is 5.32 Å². The standard InChI is InChI=1S/C12H14F2N2O3/c1-3-16(4-2)12(19)15-10-6-9(14)8(13)5-7(10)11(17)18/h5-6H,3-4H2,1-2H3,(H,15,19)(H,17,18). The molecule has 0 bridgehead atoms. The Hall–Kier alpha value is -2.18. The number of carbonyl (C=O) groups excluding carboxylic acids is 1. The van der Waals surface area contributed by atoms with Crippen LogP contribution in [0.4, 0.5) is 19.3 Å². The molecule has 2 N–H and O–H groups in total. The fraction of sp³-hybridized carbons (Fsp3) is 0.333. The third-order valence-corrected chi connectivity index (χ3v) is 2.58. The summed E-state index contributed by atoms with van der Waals surface area (Å²) in [5, 5.41) is 11.2. The van der Waals surface area contributed by atoms with Crippen molar-refractivity contribution in [3.8, 4) is 0 Å². The van der Waals surface area contributed by atoms with Gasteiger partial charge in [-0.2, -0.15) is 0 Å². The lowest BCUT2D eigenvalue weighted by molar-refractivity contribution is 0.0697. The number of urea groups is 1. The fourth-order valence-electron chi connectivity index (χ4n) is 1.53. The van der Waals surface area contributed by atoms with Crippen LogP contribution in [0.5, 0.6) is 0 Å². The van der Waals surface area contributed by atoms with Gasteiger partial charge in [-0.05, 0) is 19.9 Å². The molecule has 1 aromatic carbocycles. The molecule has 104 valence electrons. The van der Waals surface area contributed by atoms with Crippen LogP contribution in [0.2, 0.25) is 0 Å². The molecule has 0 aliphatic rings. The molecular formula is C12H14F2N2O3. The Labute approximate surface area is 108 Å². The van der Waals surface area contributed by atoms with E-state index in [0.29, 0.717) is 25.2 Å². The topological polar surface area (TPSA) is 69.6 Å². The number of nitrogens with one attached hydrogen (secondary N) is 1. The highest BCUT2D eigenvalue weighted by Gasteiger charge is 2.18. The van der Waals surface area contributed by atoms with E-state index in [2.05, 4.69) is 5.32 Å². The van der Waals surface area contributed by atoms with E-state index in [-0.39, 0.29) is 5.69 Å². The highest BCUT2D eigenvalue weighted by molar-refractivity contribution is 6.00. The van der Waals surface area contributed by atoms with Crippen LogP contribution in [0, 0.1) is 11.6 Å². The Morgan fingerprint density at radius 2 is 1.74 bits per heavy atom. The average Bonchev–Trinajstić information content (AvgIpc) is 2.34. The van der Waals surface area contributed by atoms with Gasteiger partial charge in [0.25, 0.3) is 0 Å². The van der Waals surface area contributed by atoms with Crippen molar-refractivity contribution in [3.63, 3.8) is 0 Å². The van der Waals surface area contributed by atoms with E-state index in [0.717, 1.165) is 0 Å².